The Morgan fingerprint density at radius 1 is 1.29 bits per heavy atom. The molecule has 0 radical (unpaired) electrons. The standard InChI is InChI=1S/C16H14ClF2NO/c1-20-8-11-6-9-5-10(17)7-13(16(9)21-11)12-3-2-4-14(18)15(12)19/h2-5,7,11,20H,6,8H2,1H3. The van der Waals surface area contributed by atoms with Crippen LogP contribution in [0.25, 0.3) is 11.1 Å². The average molecular weight is 310 g/mol. The lowest BCUT2D eigenvalue weighted by Gasteiger charge is -2.13. The van der Waals surface area contributed by atoms with E-state index >= 15 is 0 Å². The quantitative estimate of drug-likeness (QED) is 0.931. The highest BCUT2D eigenvalue weighted by atomic mass is 35.5. The minimum Gasteiger partial charge on any atom is -0.488 e. The third-order valence-corrected chi connectivity index (χ3v) is 3.75. The summed E-state index contributed by atoms with van der Waals surface area (Å²) in [7, 11) is 1.84. The monoisotopic (exact) mass is 309 g/mol. The maximum absolute atomic E-state index is 14.0. The number of benzene rings is 2. The summed E-state index contributed by atoms with van der Waals surface area (Å²) in [5.41, 5.74) is 1.58. The third-order valence-electron chi connectivity index (χ3n) is 3.54. The fourth-order valence-corrected chi connectivity index (χ4v) is 2.89. The highest BCUT2D eigenvalue weighted by Gasteiger charge is 2.27. The molecule has 1 heterocycles. The first-order valence-electron chi connectivity index (χ1n) is 6.68. The summed E-state index contributed by atoms with van der Waals surface area (Å²) in [5.74, 6) is -1.18. The summed E-state index contributed by atoms with van der Waals surface area (Å²) in [5, 5.41) is 3.53. The van der Waals surface area contributed by atoms with Crippen LogP contribution in [0.4, 0.5) is 8.78 Å². The fourth-order valence-electron chi connectivity index (χ4n) is 2.65. The topological polar surface area (TPSA) is 21.3 Å². The lowest BCUT2D eigenvalue weighted by molar-refractivity contribution is 0.232. The molecule has 1 aliphatic rings. The Kier molecular flexibility index (Phi) is 3.83. The number of nitrogens with one attached hydrogen (secondary N) is 1. The van der Waals surface area contributed by atoms with Gasteiger partial charge in [0.2, 0.25) is 0 Å². The molecule has 2 aromatic carbocycles. The van der Waals surface area contributed by atoms with Crippen molar-refractivity contribution in [1.82, 2.24) is 5.32 Å². The molecule has 1 atom stereocenters. The Morgan fingerprint density at radius 2 is 2.10 bits per heavy atom. The summed E-state index contributed by atoms with van der Waals surface area (Å²) in [4.78, 5) is 0. The Labute approximate surface area is 126 Å². The molecule has 1 N–H and O–H groups in total. The van der Waals surface area contributed by atoms with Crippen LogP contribution in [-0.4, -0.2) is 19.7 Å². The predicted octanol–water partition coefficient (Wildman–Crippen LogP) is 3.81. The first-order valence-corrected chi connectivity index (χ1v) is 7.06. The highest BCUT2D eigenvalue weighted by molar-refractivity contribution is 6.31. The van der Waals surface area contributed by atoms with E-state index in [2.05, 4.69) is 5.32 Å². The Hall–Kier alpha value is -1.65. The van der Waals surface area contributed by atoms with Crippen LogP contribution in [0.2, 0.25) is 5.02 Å². The molecule has 1 aliphatic heterocycles. The zero-order valence-electron chi connectivity index (χ0n) is 11.4. The van der Waals surface area contributed by atoms with Crippen LogP contribution >= 0.6 is 11.6 Å². The van der Waals surface area contributed by atoms with E-state index in [0.717, 1.165) is 11.6 Å². The first kappa shape index (κ1) is 14.3. The van der Waals surface area contributed by atoms with Crippen molar-refractivity contribution in [3.63, 3.8) is 0 Å². The minimum absolute atomic E-state index is 0.0289. The second kappa shape index (κ2) is 5.62. The lowest BCUT2D eigenvalue weighted by Crippen LogP contribution is -2.27. The van der Waals surface area contributed by atoms with Crippen LogP contribution in [0.1, 0.15) is 5.56 Å². The molecule has 0 saturated carbocycles. The van der Waals surface area contributed by atoms with Gasteiger partial charge in [-0.25, -0.2) is 8.78 Å². The Balaban J connectivity index is 2.11. The van der Waals surface area contributed by atoms with Crippen LogP contribution in [0.5, 0.6) is 5.75 Å². The SMILES string of the molecule is CNCC1Cc2cc(Cl)cc(-c3cccc(F)c3F)c2O1. The molecule has 0 spiro atoms. The van der Waals surface area contributed by atoms with Gasteiger partial charge in [0, 0.05) is 29.1 Å². The molecule has 0 bridgehead atoms. The number of fused-ring (bicyclic) bond motifs is 1. The van der Waals surface area contributed by atoms with Gasteiger partial charge in [-0.05, 0) is 30.8 Å². The van der Waals surface area contributed by atoms with Crippen LogP contribution in [0.15, 0.2) is 30.3 Å². The van der Waals surface area contributed by atoms with Crippen molar-refractivity contribution in [1.29, 1.82) is 0 Å². The van der Waals surface area contributed by atoms with E-state index < -0.39 is 11.6 Å². The fraction of sp³-hybridized carbons (Fsp3) is 0.250. The Bertz CT molecular complexity index is 690. The van der Waals surface area contributed by atoms with Gasteiger partial charge in [0.1, 0.15) is 11.9 Å². The van der Waals surface area contributed by atoms with Crippen molar-refractivity contribution < 1.29 is 13.5 Å². The molecule has 0 fully saturated rings. The van der Waals surface area contributed by atoms with Crippen molar-refractivity contribution in [2.24, 2.45) is 0 Å². The lowest BCUT2D eigenvalue weighted by atomic mass is 10.00. The number of rotatable bonds is 3. The summed E-state index contributed by atoms with van der Waals surface area (Å²) < 4.78 is 33.4. The molecule has 21 heavy (non-hydrogen) atoms. The molecule has 1 unspecified atom stereocenters. The molecule has 0 amide bonds. The van der Waals surface area contributed by atoms with Crippen molar-refractivity contribution in [2.45, 2.75) is 12.5 Å². The molecule has 2 aromatic rings. The summed E-state index contributed by atoms with van der Waals surface area (Å²) in [6, 6.07) is 7.52. The predicted molar refractivity (Wildman–Crippen MR) is 78.9 cm³/mol. The third kappa shape index (κ3) is 2.61. The van der Waals surface area contributed by atoms with Gasteiger partial charge in [-0.15, -0.1) is 0 Å². The van der Waals surface area contributed by atoms with Gasteiger partial charge >= 0.3 is 0 Å². The van der Waals surface area contributed by atoms with Gasteiger partial charge in [-0.1, -0.05) is 23.7 Å². The normalized spacial score (nSPS) is 16.7. The Morgan fingerprint density at radius 3 is 2.86 bits per heavy atom. The van der Waals surface area contributed by atoms with E-state index in [1.165, 1.54) is 12.1 Å². The van der Waals surface area contributed by atoms with E-state index in [1.54, 1.807) is 6.07 Å². The molecule has 0 aromatic heterocycles. The highest BCUT2D eigenvalue weighted by Crippen LogP contribution is 2.42. The second-order valence-electron chi connectivity index (χ2n) is 5.04. The number of likely N-dealkylation sites (N-methyl/N-ethyl adjacent to an activating group) is 1. The van der Waals surface area contributed by atoms with Crippen molar-refractivity contribution in [3.8, 4) is 16.9 Å². The molecule has 0 saturated heterocycles. The van der Waals surface area contributed by atoms with Gasteiger partial charge in [0.15, 0.2) is 11.6 Å². The number of hydrogen-bond acceptors (Lipinski definition) is 2. The van der Waals surface area contributed by atoms with Gasteiger partial charge < -0.3 is 10.1 Å². The van der Waals surface area contributed by atoms with Crippen LogP contribution in [0, 0.1) is 11.6 Å². The van der Waals surface area contributed by atoms with Gasteiger partial charge in [0.25, 0.3) is 0 Å². The van der Waals surface area contributed by atoms with Crippen molar-refractivity contribution in [3.05, 3.63) is 52.6 Å². The zero-order chi connectivity index (χ0) is 15.0. The van der Waals surface area contributed by atoms with E-state index in [9.17, 15) is 8.78 Å². The number of hydrogen-bond donors (Lipinski definition) is 1. The second-order valence-corrected chi connectivity index (χ2v) is 5.48. The summed E-state index contributed by atoms with van der Waals surface area (Å²) >= 11 is 6.11. The van der Waals surface area contributed by atoms with E-state index in [-0.39, 0.29) is 11.7 Å². The maximum Gasteiger partial charge on any atom is 0.166 e. The molecule has 3 rings (SSSR count). The van der Waals surface area contributed by atoms with Crippen LogP contribution in [-0.2, 0) is 6.42 Å². The first-order chi connectivity index (χ1) is 10.1. The number of halogens is 3. The smallest absolute Gasteiger partial charge is 0.166 e. The van der Waals surface area contributed by atoms with Gasteiger partial charge in [-0.2, -0.15) is 0 Å². The van der Waals surface area contributed by atoms with E-state index in [0.29, 0.717) is 29.3 Å². The molecule has 0 aliphatic carbocycles. The van der Waals surface area contributed by atoms with Crippen molar-refractivity contribution in [2.75, 3.05) is 13.6 Å². The minimum atomic E-state index is -0.886. The molecule has 2 nitrogen and oxygen atoms in total. The summed E-state index contributed by atoms with van der Waals surface area (Å²) in [6.07, 6.45) is 0.666. The largest absolute Gasteiger partial charge is 0.488 e. The van der Waals surface area contributed by atoms with E-state index in [1.807, 2.05) is 13.1 Å². The van der Waals surface area contributed by atoms with Crippen LogP contribution in [0.3, 0.4) is 0 Å². The van der Waals surface area contributed by atoms with Crippen LogP contribution < -0.4 is 10.1 Å². The van der Waals surface area contributed by atoms with Gasteiger partial charge in [-0.3, -0.25) is 0 Å². The molecule has 5 heteroatoms. The molecular weight excluding hydrogens is 296 g/mol. The average Bonchev–Trinajstić information content (AvgIpc) is 2.84. The molecular formula is C16H14ClF2NO. The van der Waals surface area contributed by atoms with E-state index in [4.69, 9.17) is 16.3 Å². The summed E-state index contributed by atoms with van der Waals surface area (Å²) in [6.45, 7) is 0.678. The maximum atomic E-state index is 14.0. The van der Waals surface area contributed by atoms with Gasteiger partial charge in [0.05, 0.1) is 0 Å². The van der Waals surface area contributed by atoms with Crippen molar-refractivity contribution >= 4 is 11.6 Å². The molecule has 110 valence electrons. The zero-order valence-corrected chi connectivity index (χ0v) is 12.2. The number of ether oxygens (including phenoxy) is 1.